The Kier molecular flexibility index (Phi) is 9.25. The number of aromatic nitrogens is 2. The summed E-state index contributed by atoms with van der Waals surface area (Å²) in [4.78, 5) is 17.0. The topological polar surface area (TPSA) is 98.6 Å². The maximum Gasteiger partial charge on any atom is 0.490 e. The molecule has 228 valence electrons. The molecule has 2 saturated heterocycles. The number of aliphatic carboxylic acids is 1. The van der Waals surface area contributed by atoms with E-state index in [1.807, 2.05) is 24.4 Å². The largest absolute Gasteiger partial charge is 0.490 e. The zero-order chi connectivity index (χ0) is 30.6. The summed E-state index contributed by atoms with van der Waals surface area (Å²) >= 11 is 1.25. The first-order valence-electron chi connectivity index (χ1n) is 13.7. The van der Waals surface area contributed by atoms with Gasteiger partial charge >= 0.3 is 12.1 Å². The summed E-state index contributed by atoms with van der Waals surface area (Å²) in [5.74, 6) is -2.76. The molecular weight excluding hydrogens is 601 g/mol. The number of hydrogen-bond acceptors (Lipinski definition) is 6. The number of fused-ring (bicyclic) bond motifs is 2. The fraction of sp³-hybridized carbons (Fsp3) is 0.300. The summed E-state index contributed by atoms with van der Waals surface area (Å²) in [6.07, 6.45) is 1.22. The van der Waals surface area contributed by atoms with Crippen molar-refractivity contribution in [3.05, 3.63) is 89.6 Å². The Morgan fingerprint density at radius 3 is 2.00 bits per heavy atom. The number of alkyl halides is 3. The Balaban J connectivity index is 0.000000150. The summed E-state index contributed by atoms with van der Waals surface area (Å²) in [5, 5.41) is 11.3. The van der Waals surface area contributed by atoms with E-state index >= 15 is 0 Å². The normalized spacial score (nSPS) is 15.6. The summed E-state index contributed by atoms with van der Waals surface area (Å²) in [6.45, 7) is 6.78. The lowest BCUT2D eigenvalue weighted by Crippen LogP contribution is -2.36. The van der Waals surface area contributed by atoms with Crippen LogP contribution in [0.15, 0.2) is 82.6 Å². The van der Waals surface area contributed by atoms with E-state index in [0.29, 0.717) is 4.21 Å². The molecule has 13 heteroatoms. The van der Waals surface area contributed by atoms with Crippen LogP contribution in [0.25, 0.3) is 21.8 Å². The van der Waals surface area contributed by atoms with Gasteiger partial charge in [0.2, 0.25) is 0 Å². The number of thiophene rings is 1. The molecule has 7 rings (SSSR count). The van der Waals surface area contributed by atoms with Gasteiger partial charge in [-0.25, -0.2) is 8.77 Å². The van der Waals surface area contributed by atoms with Gasteiger partial charge in [0.1, 0.15) is 4.21 Å². The molecule has 2 aliphatic rings. The number of nitrogens with one attached hydrogen (secondary N) is 1. The number of carbonyl (C=O) groups is 1. The third-order valence-corrected chi connectivity index (χ3v) is 10.5. The van der Waals surface area contributed by atoms with Gasteiger partial charge in [0.05, 0.1) is 5.52 Å². The van der Waals surface area contributed by atoms with Gasteiger partial charge in [0.25, 0.3) is 10.0 Å². The van der Waals surface area contributed by atoms with Crippen molar-refractivity contribution in [2.75, 3.05) is 26.2 Å². The molecule has 0 amide bonds. The molecule has 5 aromatic rings. The van der Waals surface area contributed by atoms with Crippen LogP contribution in [0.4, 0.5) is 13.2 Å². The standard InChI is InChI=1S/C16H16N2O2S2.C12H14N2.C2HF3O2/c19-22(20,16-6-2-11-21-16)18-10-7-14-13(4-1-5-15(14)18)12-17-8-3-9-17;1-3-10(9-14-7-2-8-14)11-5-6-13-12(11)4-1;3-2(4,5)1(6)7/h1-2,4-7,10-11H,3,8-9,12H2;1,3-6,13H,2,7-9H2;(H,6,7). The average molecular weight is 633 g/mol. The highest BCUT2D eigenvalue weighted by molar-refractivity contribution is 7.92. The molecule has 8 nitrogen and oxygen atoms in total. The first-order chi connectivity index (χ1) is 20.5. The van der Waals surface area contributed by atoms with Crippen LogP contribution in [-0.4, -0.2) is 70.6 Å². The molecule has 0 atom stereocenters. The molecule has 2 N–H and O–H groups in total. The lowest BCUT2D eigenvalue weighted by molar-refractivity contribution is -0.192. The van der Waals surface area contributed by atoms with Crippen LogP contribution < -0.4 is 0 Å². The van der Waals surface area contributed by atoms with Gasteiger partial charge in [-0.3, -0.25) is 9.80 Å². The van der Waals surface area contributed by atoms with E-state index in [9.17, 15) is 21.6 Å². The lowest BCUT2D eigenvalue weighted by atomic mass is 10.1. The molecular formula is C30H31F3N4O4S2. The maximum atomic E-state index is 12.7. The number of H-pyrrole nitrogens is 1. The minimum absolute atomic E-state index is 0.373. The minimum atomic E-state index is -5.08. The molecule has 0 unspecified atom stereocenters. The Morgan fingerprint density at radius 1 is 0.860 bits per heavy atom. The monoisotopic (exact) mass is 632 g/mol. The van der Waals surface area contributed by atoms with Gasteiger partial charge in [0.15, 0.2) is 0 Å². The van der Waals surface area contributed by atoms with Crippen molar-refractivity contribution in [1.82, 2.24) is 18.8 Å². The minimum Gasteiger partial charge on any atom is -0.475 e. The second kappa shape index (κ2) is 12.9. The van der Waals surface area contributed by atoms with Crippen molar-refractivity contribution >= 4 is 49.1 Å². The second-order valence-corrected chi connectivity index (χ2v) is 13.3. The van der Waals surface area contributed by atoms with E-state index in [0.717, 1.165) is 37.1 Å². The molecule has 0 bridgehead atoms. The van der Waals surface area contributed by atoms with E-state index < -0.39 is 22.2 Å². The van der Waals surface area contributed by atoms with Gasteiger partial charge in [0, 0.05) is 41.8 Å². The zero-order valence-electron chi connectivity index (χ0n) is 23.1. The van der Waals surface area contributed by atoms with Crippen LogP contribution in [0.5, 0.6) is 0 Å². The smallest absolute Gasteiger partial charge is 0.475 e. The molecule has 0 radical (unpaired) electrons. The van der Waals surface area contributed by atoms with Crippen LogP contribution in [0.3, 0.4) is 0 Å². The van der Waals surface area contributed by atoms with Crippen LogP contribution in [-0.2, 0) is 27.9 Å². The molecule has 0 saturated carbocycles. The molecule has 0 spiro atoms. The van der Waals surface area contributed by atoms with Gasteiger partial charge in [-0.15, -0.1) is 11.3 Å². The summed E-state index contributed by atoms with van der Waals surface area (Å²) in [5.41, 5.74) is 4.65. The van der Waals surface area contributed by atoms with E-state index in [1.165, 1.54) is 63.3 Å². The number of rotatable bonds is 6. The van der Waals surface area contributed by atoms with E-state index in [-0.39, 0.29) is 0 Å². The predicted octanol–water partition coefficient (Wildman–Crippen LogP) is 6.15. The second-order valence-electron chi connectivity index (χ2n) is 10.3. The number of likely N-dealkylation sites (tertiary alicyclic amines) is 2. The third kappa shape index (κ3) is 7.12. The number of carboxylic acids is 1. The molecule has 0 aliphatic carbocycles. The predicted molar refractivity (Wildman–Crippen MR) is 161 cm³/mol. The molecule has 2 fully saturated rings. The first kappa shape index (κ1) is 30.8. The van der Waals surface area contributed by atoms with E-state index in [1.54, 1.807) is 23.7 Å². The van der Waals surface area contributed by atoms with Crippen molar-refractivity contribution in [2.24, 2.45) is 0 Å². The first-order valence-corrected chi connectivity index (χ1v) is 16.0. The van der Waals surface area contributed by atoms with Crippen molar-refractivity contribution < 1.29 is 31.5 Å². The fourth-order valence-electron chi connectivity index (χ4n) is 4.91. The van der Waals surface area contributed by atoms with Crippen molar-refractivity contribution in [1.29, 1.82) is 0 Å². The Hall–Kier alpha value is -3.65. The molecule has 5 heterocycles. The number of benzene rings is 2. The number of hydrogen-bond donors (Lipinski definition) is 2. The summed E-state index contributed by atoms with van der Waals surface area (Å²) < 4.78 is 59.0. The Morgan fingerprint density at radius 2 is 1.47 bits per heavy atom. The van der Waals surface area contributed by atoms with Crippen molar-refractivity contribution in [2.45, 2.75) is 36.3 Å². The van der Waals surface area contributed by atoms with Gasteiger partial charge in [-0.2, -0.15) is 21.6 Å². The highest BCUT2D eigenvalue weighted by Crippen LogP contribution is 2.28. The molecule has 3 aromatic heterocycles. The van der Waals surface area contributed by atoms with E-state index in [2.05, 4.69) is 45.1 Å². The zero-order valence-corrected chi connectivity index (χ0v) is 24.8. The van der Waals surface area contributed by atoms with Crippen molar-refractivity contribution in [3.63, 3.8) is 0 Å². The quantitative estimate of drug-likeness (QED) is 0.233. The summed E-state index contributed by atoms with van der Waals surface area (Å²) in [6, 6.07) is 19.9. The summed E-state index contributed by atoms with van der Waals surface area (Å²) in [7, 11) is -3.49. The van der Waals surface area contributed by atoms with Crippen LogP contribution in [0.1, 0.15) is 24.0 Å². The van der Waals surface area contributed by atoms with Gasteiger partial charge < -0.3 is 10.1 Å². The molecule has 43 heavy (non-hydrogen) atoms. The third-order valence-electron chi connectivity index (χ3n) is 7.41. The van der Waals surface area contributed by atoms with Crippen LogP contribution >= 0.6 is 11.3 Å². The molecule has 2 aromatic carbocycles. The average Bonchev–Trinajstić information content (AvgIpc) is 3.69. The Bertz CT molecular complexity index is 1790. The van der Waals surface area contributed by atoms with Crippen molar-refractivity contribution in [3.8, 4) is 0 Å². The lowest BCUT2D eigenvalue weighted by Gasteiger charge is -2.30. The van der Waals surface area contributed by atoms with Crippen LogP contribution in [0, 0.1) is 0 Å². The number of carboxylic acid groups (broad SMARTS) is 1. The SMILES string of the molecule is O=C(O)C(F)(F)F.O=S(=O)(c1cccs1)n1ccc2c(CN3CCC3)cccc21.c1cc(CN2CCC2)c2cc[nH]c2c1. The van der Waals surface area contributed by atoms with E-state index in [4.69, 9.17) is 9.90 Å². The highest BCUT2D eigenvalue weighted by atomic mass is 32.2. The van der Waals surface area contributed by atoms with Gasteiger partial charge in [-0.05, 0) is 85.9 Å². The number of halogens is 3. The highest BCUT2D eigenvalue weighted by Gasteiger charge is 2.38. The maximum absolute atomic E-state index is 12.7. The fourth-order valence-corrected chi connectivity index (χ4v) is 7.34. The van der Waals surface area contributed by atoms with Gasteiger partial charge in [-0.1, -0.05) is 30.3 Å². The van der Waals surface area contributed by atoms with Crippen LogP contribution in [0.2, 0.25) is 0 Å². The number of aromatic amines is 1. The number of nitrogens with zero attached hydrogens (tertiary/aromatic N) is 3. The Labute approximate surface area is 251 Å². The molecule has 2 aliphatic heterocycles.